The van der Waals surface area contributed by atoms with E-state index in [1.807, 2.05) is 6.07 Å². The molecule has 1 heterocycles. The number of nitrogens with one attached hydrogen (secondary N) is 1. The molecule has 3 nitrogen and oxygen atoms in total. The molecule has 0 spiro atoms. The average molecular weight is 259 g/mol. The van der Waals surface area contributed by atoms with Crippen molar-refractivity contribution in [3.63, 3.8) is 0 Å². The Morgan fingerprint density at radius 2 is 2.05 bits per heavy atom. The van der Waals surface area contributed by atoms with Crippen molar-refractivity contribution in [1.29, 1.82) is 0 Å². The Kier molecular flexibility index (Phi) is 3.83. The molecule has 1 aliphatic heterocycles. The number of hydrogen-bond acceptors (Lipinski definition) is 2. The van der Waals surface area contributed by atoms with Gasteiger partial charge in [-0.1, -0.05) is 6.07 Å². The summed E-state index contributed by atoms with van der Waals surface area (Å²) in [7, 11) is 0. The molecule has 3 rings (SSSR count). The lowest BCUT2D eigenvalue weighted by Gasteiger charge is -2.17. The summed E-state index contributed by atoms with van der Waals surface area (Å²) in [4.78, 5) is 12.1. The van der Waals surface area contributed by atoms with Crippen molar-refractivity contribution >= 4 is 5.91 Å². The van der Waals surface area contributed by atoms with Crippen LogP contribution in [-0.2, 0) is 17.6 Å². The van der Waals surface area contributed by atoms with Gasteiger partial charge in [-0.15, -0.1) is 0 Å². The summed E-state index contributed by atoms with van der Waals surface area (Å²) in [6.07, 6.45) is 7.17. The average Bonchev–Trinajstić information content (AvgIpc) is 2.97. The molecule has 1 aliphatic carbocycles. The fourth-order valence-electron chi connectivity index (χ4n) is 2.99. The van der Waals surface area contributed by atoms with E-state index in [2.05, 4.69) is 17.4 Å². The van der Waals surface area contributed by atoms with Crippen molar-refractivity contribution in [2.75, 3.05) is 13.2 Å². The van der Waals surface area contributed by atoms with Crippen LogP contribution >= 0.6 is 0 Å². The van der Waals surface area contributed by atoms with Gasteiger partial charge in [0.05, 0.1) is 6.10 Å². The SMILES string of the molecule is O=C(NCC1CCCO1)c1ccc2c(c1)CCCC2. The van der Waals surface area contributed by atoms with Gasteiger partial charge in [-0.3, -0.25) is 4.79 Å². The van der Waals surface area contributed by atoms with Crippen LogP contribution in [-0.4, -0.2) is 25.2 Å². The fourth-order valence-corrected chi connectivity index (χ4v) is 2.99. The van der Waals surface area contributed by atoms with E-state index in [-0.39, 0.29) is 12.0 Å². The first-order valence-corrected chi connectivity index (χ1v) is 7.34. The normalized spacial score (nSPS) is 22.0. The second-order valence-electron chi connectivity index (χ2n) is 5.54. The third kappa shape index (κ3) is 2.98. The number of ether oxygens (including phenoxy) is 1. The smallest absolute Gasteiger partial charge is 0.251 e. The molecule has 1 fully saturated rings. The van der Waals surface area contributed by atoms with Gasteiger partial charge >= 0.3 is 0 Å². The number of rotatable bonds is 3. The Bertz CT molecular complexity index is 464. The van der Waals surface area contributed by atoms with E-state index in [4.69, 9.17) is 4.74 Å². The van der Waals surface area contributed by atoms with Crippen LogP contribution in [0.2, 0.25) is 0 Å². The zero-order valence-corrected chi connectivity index (χ0v) is 11.3. The molecule has 0 aromatic heterocycles. The van der Waals surface area contributed by atoms with Crippen molar-refractivity contribution in [1.82, 2.24) is 5.32 Å². The van der Waals surface area contributed by atoms with Crippen LogP contribution in [0.25, 0.3) is 0 Å². The maximum atomic E-state index is 12.1. The highest BCUT2D eigenvalue weighted by Crippen LogP contribution is 2.22. The molecular weight excluding hydrogens is 238 g/mol. The highest BCUT2D eigenvalue weighted by molar-refractivity contribution is 5.94. The first kappa shape index (κ1) is 12.7. The van der Waals surface area contributed by atoms with E-state index < -0.39 is 0 Å². The van der Waals surface area contributed by atoms with Crippen LogP contribution in [0.4, 0.5) is 0 Å². The third-order valence-corrected chi connectivity index (χ3v) is 4.12. The van der Waals surface area contributed by atoms with Gasteiger partial charge < -0.3 is 10.1 Å². The monoisotopic (exact) mass is 259 g/mol. The molecular formula is C16H21NO2. The van der Waals surface area contributed by atoms with Crippen molar-refractivity contribution in [2.45, 2.75) is 44.6 Å². The van der Waals surface area contributed by atoms with Gasteiger partial charge in [0, 0.05) is 18.7 Å². The molecule has 1 N–H and O–H groups in total. The zero-order chi connectivity index (χ0) is 13.1. The lowest BCUT2D eigenvalue weighted by molar-refractivity contribution is 0.0857. The van der Waals surface area contributed by atoms with E-state index in [9.17, 15) is 4.79 Å². The molecule has 19 heavy (non-hydrogen) atoms. The Morgan fingerprint density at radius 1 is 1.21 bits per heavy atom. The van der Waals surface area contributed by atoms with Gasteiger partial charge in [0.15, 0.2) is 0 Å². The minimum atomic E-state index is 0.0314. The minimum Gasteiger partial charge on any atom is -0.376 e. The zero-order valence-electron chi connectivity index (χ0n) is 11.3. The number of carbonyl (C=O) groups is 1. The predicted octanol–water partition coefficient (Wildman–Crippen LogP) is 2.47. The number of carbonyl (C=O) groups excluding carboxylic acids is 1. The molecule has 1 saturated heterocycles. The van der Waals surface area contributed by atoms with E-state index in [0.717, 1.165) is 37.9 Å². The molecule has 0 saturated carbocycles. The predicted molar refractivity (Wildman–Crippen MR) is 74.4 cm³/mol. The number of benzene rings is 1. The van der Waals surface area contributed by atoms with Gasteiger partial charge in [0.1, 0.15) is 0 Å². The van der Waals surface area contributed by atoms with Crippen molar-refractivity contribution in [3.8, 4) is 0 Å². The molecule has 0 bridgehead atoms. The molecule has 1 amide bonds. The topological polar surface area (TPSA) is 38.3 Å². The summed E-state index contributed by atoms with van der Waals surface area (Å²) in [5.74, 6) is 0.0314. The molecule has 1 aromatic rings. The van der Waals surface area contributed by atoms with E-state index in [1.165, 1.54) is 24.0 Å². The van der Waals surface area contributed by atoms with Crippen LogP contribution in [0.1, 0.15) is 47.2 Å². The minimum absolute atomic E-state index is 0.0314. The second kappa shape index (κ2) is 5.74. The van der Waals surface area contributed by atoms with Gasteiger partial charge in [-0.2, -0.15) is 0 Å². The largest absolute Gasteiger partial charge is 0.376 e. The number of hydrogen-bond donors (Lipinski definition) is 1. The molecule has 0 radical (unpaired) electrons. The lowest BCUT2D eigenvalue weighted by atomic mass is 9.90. The first-order chi connectivity index (χ1) is 9.33. The summed E-state index contributed by atoms with van der Waals surface area (Å²) < 4.78 is 5.52. The molecule has 1 atom stereocenters. The van der Waals surface area contributed by atoms with E-state index in [1.54, 1.807) is 0 Å². The Labute approximate surface area is 114 Å². The van der Waals surface area contributed by atoms with Gasteiger partial charge in [-0.05, 0) is 61.8 Å². The van der Waals surface area contributed by atoms with Crippen molar-refractivity contribution < 1.29 is 9.53 Å². The number of aryl methyl sites for hydroxylation is 2. The molecule has 3 heteroatoms. The summed E-state index contributed by atoms with van der Waals surface area (Å²) in [6, 6.07) is 6.14. The van der Waals surface area contributed by atoms with E-state index >= 15 is 0 Å². The third-order valence-electron chi connectivity index (χ3n) is 4.12. The van der Waals surface area contributed by atoms with Crippen LogP contribution in [0.3, 0.4) is 0 Å². The van der Waals surface area contributed by atoms with Crippen molar-refractivity contribution in [2.24, 2.45) is 0 Å². The van der Waals surface area contributed by atoms with Gasteiger partial charge in [0.25, 0.3) is 5.91 Å². The number of amides is 1. The molecule has 102 valence electrons. The van der Waals surface area contributed by atoms with Crippen molar-refractivity contribution in [3.05, 3.63) is 34.9 Å². The molecule has 2 aliphatic rings. The van der Waals surface area contributed by atoms with Crippen LogP contribution in [0.15, 0.2) is 18.2 Å². The van der Waals surface area contributed by atoms with E-state index in [0.29, 0.717) is 6.54 Å². The van der Waals surface area contributed by atoms with Gasteiger partial charge in [0.2, 0.25) is 0 Å². The molecule has 1 unspecified atom stereocenters. The Morgan fingerprint density at radius 3 is 2.84 bits per heavy atom. The summed E-state index contributed by atoms with van der Waals surface area (Å²) in [5.41, 5.74) is 3.57. The molecule has 1 aromatic carbocycles. The fraction of sp³-hybridized carbons (Fsp3) is 0.562. The first-order valence-electron chi connectivity index (χ1n) is 7.34. The summed E-state index contributed by atoms with van der Waals surface area (Å²) in [5, 5.41) is 2.98. The van der Waals surface area contributed by atoms with Crippen LogP contribution < -0.4 is 5.32 Å². The maximum Gasteiger partial charge on any atom is 0.251 e. The van der Waals surface area contributed by atoms with Crippen LogP contribution in [0.5, 0.6) is 0 Å². The summed E-state index contributed by atoms with van der Waals surface area (Å²) in [6.45, 7) is 1.47. The Hall–Kier alpha value is -1.35. The number of fused-ring (bicyclic) bond motifs is 1. The summed E-state index contributed by atoms with van der Waals surface area (Å²) >= 11 is 0. The Balaban J connectivity index is 1.62. The van der Waals surface area contributed by atoms with Gasteiger partial charge in [-0.25, -0.2) is 0 Å². The highest BCUT2D eigenvalue weighted by atomic mass is 16.5. The standard InChI is InChI=1S/C16H21NO2/c18-16(17-11-15-6-3-9-19-15)14-8-7-12-4-1-2-5-13(12)10-14/h7-8,10,15H,1-6,9,11H2,(H,17,18). The highest BCUT2D eigenvalue weighted by Gasteiger charge is 2.17. The van der Waals surface area contributed by atoms with Crippen LogP contribution in [0, 0.1) is 0 Å². The second-order valence-corrected chi connectivity index (χ2v) is 5.54. The lowest BCUT2D eigenvalue weighted by Crippen LogP contribution is -2.31. The maximum absolute atomic E-state index is 12.1. The quantitative estimate of drug-likeness (QED) is 0.905.